The van der Waals surface area contributed by atoms with Crippen LogP contribution in [0.2, 0.25) is 0 Å². The second-order valence-corrected chi connectivity index (χ2v) is 6.22. The van der Waals surface area contributed by atoms with Crippen molar-refractivity contribution >= 4 is 0 Å². The Labute approximate surface area is 134 Å². The molecule has 0 spiro atoms. The van der Waals surface area contributed by atoms with Gasteiger partial charge >= 0.3 is 6.61 Å². The molecule has 0 bridgehead atoms. The zero-order valence-corrected chi connectivity index (χ0v) is 13.0. The SMILES string of the molecule is C=CCC1CCC(CCc2cc(F)c(OC(F)F)c(F)c2)CC1. The summed E-state index contributed by atoms with van der Waals surface area (Å²) in [6, 6.07) is 2.17. The standard InChI is InChI=1S/C18H22F4O/c1-2-3-12-4-6-13(7-5-12)8-9-14-10-15(19)17(16(20)11-14)23-18(21)22/h2,10-13,18H,1,3-9H2. The minimum atomic E-state index is -3.24. The Hall–Kier alpha value is -1.52. The van der Waals surface area contributed by atoms with E-state index in [4.69, 9.17) is 0 Å². The van der Waals surface area contributed by atoms with Crippen LogP contribution in [0.15, 0.2) is 24.8 Å². The smallest absolute Gasteiger partial charge is 0.387 e. The third kappa shape index (κ3) is 5.26. The van der Waals surface area contributed by atoms with Crippen LogP contribution in [0.3, 0.4) is 0 Å². The molecule has 0 radical (unpaired) electrons. The van der Waals surface area contributed by atoms with E-state index >= 15 is 0 Å². The van der Waals surface area contributed by atoms with Gasteiger partial charge in [0, 0.05) is 0 Å². The minimum absolute atomic E-state index is 0.481. The van der Waals surface area contributed by atoms with Crippen molar-refractivity contribution in [2.24, 2.45) is 11.8 Å². The molecular weight excluding hydrogens is 308 g/mol. The molecule has 1 aromatic carbocycles. The summed E-state index contributed by atoms with van der Waals surface area (Å²) in [5.41, 5.74) is 0.481. The van der Waals surface area contributed by atoms with Gasteiger partial charge in [-0.15, -0.1) is 6.58 Å². The number of alkyl halides is 2. The molecule has 23 heavy (non-hydrogen) atoms. The number of allylic oxidation sites excluding steroid dienone is 1. The van der Waals surface area contributed by atoms with Crippen molar-refractivity contribution in [1.82, 2.24) is 0 Å². The van der Waals surface area contributed by atoms with Gasteiger partial charge in [-0.3, -0.25) is 0 Å². The fourth-order valence-electron chi connectivity index (χ4n) is 3.32. The molecule has 0 atom stereocenters. The Morgan fingerprint density at radius 1 is 1.09 bits per heavy atom. The normalized spacial score (nSPS) is 21.4. The molecule has 5 heteroatoms. The number of rotatable bonds is 7. The maximum atomic E-state index is 13.7. The fourth-order valence-corrected chi connectivity index (χ4v) is 3.32. The number of ether oxygens (including phenoxy) is 1. The lowest BCUT2D eigenvalue weighted by molar-refractivity contribution is -0.0546. The van der Waals surface area contributed by atoms with E-state index in [9.17, 15) is 17.6 Å². The molecule has 1 nitrogen and oxygen atoms in total. The minimum Gasteiger partial charge on any atom is -0.429 e. The molecule has 1 fully saturated rings. The molecule has 2 rings (SSSR count). The van der Waals surface area contributed by atoms with Crippen molar-refractivity contribution in [1.29, 1.82) is 0 Å². The molecule has 0 saturated heterocycles. The zero-order chi connectivity index (χ0) is 16.8. The van der Waals surface area contributed by atoms with Crippen LogP contribution in [0.1, 0.15) is 44.1 Å². The van der Waals surface area contributed by atoms with Gasteiger partial charge in [0.15, 0.2) is 17.4 Å². The summed E-state index contributed by atoms with van der Waals surface area (Å²) < 4.78 is 55.4. The molecule has 1 aliphatic rings. The first-order valence-electron chi connectivity index (χ1n) is 8.03. The molecule has 0 amide bonds. The lowest BCUT2D eigenvalue weighted by Crippen LogP contribution is -2.14. The van der Waals surface area contributed by atoms with Gasteiger partial charge in [0.25, 0.3) is 0 Å². The van der Waals surface area contributed by atoms with Crippen LogP contribution >= 0.6 is 0 Å². The first-order chi connectivity index (χ1) is 11.0. The number of benzene rings is 1. The van der Waals surface area contributed by atoms with E-state index in [2.05, 4.69) is 11.3 Å². The van der Waals surface area contributed by atoms with E-state index in [1.54, 1.807) is 0 Å². The van der Waals surface area contributed by atoms with Gasteiger partial charge < -0.3 is 4.74 Å². The van der Waals surface area contributed by atoms with E-state index in [-0.39, 0.29) is 0 Å². The fraction of sp³-hybridized carbons (Fsp3) is 0.556. The topological polar surface area (TPSA) is 9.23 Å². The molecule has 1 saturated carbocycles. The molecule has 0 heterocycles. The number of hydrogen-bond acceptors (Lipinski definition) is 1. The molecule has 1 aromatic rings. The van der Waals surface area contributed by atoms with E-state index in [0.717, 1.165) is 37.8 Å². The van der Waals surface area contributed by atoms with Crippen molar-refractivity contribution in [3.05, 3.63) is 42.0 Å². The molecule has 0 unspecified atom stereocenters. The van der Waals surface area contributed by atoms with Crippen molar-refractivity contribution in [3.63, 3.8) is 0 Å². The molecular formula is C18H22F4O. The Balaban J connectivity index is 1.88. The van der Waals surface area contributed by atoms with Gasteiger partial charge in [0.1, 0.15) is 0 Å². The van der Waals surface area contributed by atoms with Gasteiger partial charge in [0.05, 0.1) is 0 Å². The lowest BCUT2D eigenvalue weighted by Gasteiger charge is -2.27. The first kappa shape index (κ1) is 17.8. The highest BCUT2D eigenvalue weighted by Crippen LogP contribution is 2.34. The van der Waals surface area contributed by atoms with Crippen molar-refractivity contribution in [2.75, 3.05) is 0 Å². The van der Waals surface area contributed by atoms with Crippen LogP contribution in [0.5, 0.6) is 5.75 Å². The summed E-state index contributed by atoms with van der Waals surface area (Å²) >= 11 is 0. The Morgan fingerprint density at radius 2 is 1.65 bits per heavy atom. The van der Waals surface area contributed by atoms with Crippen LogP contribution < -0.4 is 4.74 Å². The Bertz CT molecular complexity index is 499. The summed E-state index contributed by atoms with van der Waals surface area (Å²) in [4.78, 5) is 0. The van der Waals surface area contributed by atoms with Crippen LogP contribution in [0, 0.1) is 23.5 Å². The predicted octanol–water partition coefficient (Wildman–Crippen LogP) is 5.88. The van der Waals surface area contributed by atoms with Crippen molar-refractivity contribution in [2.45, 2.75) is 51.6 Å². The number of aryl methyl sites for hydroxylation is 1. The van der Waals surface area contributed by atoms with Gasteiger partial charge in [-0.2, -0.15) is 8.78 Å². The Morgan fingerprint density at radius 3 is 2.17 bits per heavy atom. The third-order valence-electron chi connectivity index (χ3n) is 4.57. The second-order valence-electron chi connectivity index (χ2n) is 6.22. The first-order valence-corrected chi connectivity index (χ1v) is 8.03. The monoisotopic (exact) mass is 330 g/mol. The van der Waals surface area contributed by atoms with Gasteiger partial charge in [-0.05, 0) is 61.6 Å². The van der Waals surface area contributed by atoms with Gasteiger partial charge in [-0.25, -0.2) is 8.78 Å². The average Bonchev–Trinajstić information content (AvgIpc) is 2.50. The maximum Gasteiger partial charge on any atom is 0.387 e. The van der Waals surface area contributed by atoms with E-state index in [1.165, 1.54) is 12.8 Å². The molecule has 1 aliphatic carbocycles. The molecule has 0 aromatic heterocycles. The summed E-state index contributed by atoms with van der Waals surface area (Å²) in [6.45, 7) is 0.523. The van der Waals surface area contributed by atoms with Crippen LogP contribution in [0.25, 0.3) is 0 Å². The zero-order valence-electron chi connectivity index (χ0n) is 13.0. The van der Waals surface area contributed by atoms with Crippen LogP contribution in [-0.4, -0.2) is 6.61 Å². The highest BCUT2D eigenvalue weighted by atomic mass is 19.3. The average molecular weight is 330 g/mol. The highest BCUT2D eigenvalue weighted by Gasteiger charge is 2.21. The van der Waals surface area contributed by atoms with E-state index < -0.39 is 24.0 Å². The van der Waals surface area contributed by atoms with Crippen molar-refractivity contribution in [3.8, 4) is 5.75 Å². The second kappa shape index (κ2) is 8.37. The third-order valence-corrected chi connectivity index (χ3v) is 4.57. The summed E-state index contributed by atoms with van der Waals surface area (Å²) in [5.74, 6) is -1.89. The quantitative estimate of drug-likeness (QED) is 0.448. The summed E-state index contributed by atoms with van der Waals surface area (Å²) in [6.07, 6.45) is 8.98. The van der Waals surface area contributed by atoms with E-state index in [1.807, 2.05) is 6.08 Å². The largest absolute Gasteiger partial charge is 0.429 e. The molecule has 128 valence electrons. The van der Waals surface area contributed by atoms with Gasteiger partial charge in [-0.1, -0.05) is 18.9 Å². The Kier molecular flexibility index (Phi) is 6.48. The summed E-state index contributed by atoms with van der Waals surface area (Å²) in [7, 11) is 0. The van der Waals surface area contributed by atoms with Crippen LogP contribution in [0.4, 0.5) is 17.6 Å². The molecule has 0 aliphatic heterocycles. The highest BCUT2D eigenvalue weighted by molar-refractivity contribution is 5.31. The predicted molar refractivity (Wildman–Crippen MR) is 81.6 cm³/mol. The van der Waals surface area contributed by atoms with Crippen LogP contribution in [-0.2, 0) is 6.42 Å². The summed E-state index contributed by atoms with van der Waals surface area (Å²) in [5, 5.41) is 0. The number of hydrogen-bond donors (Lipinski definition) is 0. The van der Waals surface area contributed by atoms with E-state index in [0.29, 0.717) is 23.8 Å². The lowest BCUT2D eigenvalue weighted by atomic mass is 9.78. The van der Waals surface area contributed by atoms with Crippen molar-refractivity contribution < 1.29 is 22.3 Å². The maximum absolute atomic E-state index is 13.7. The molecule has 0 N–H and O–H groups in total. The number of halogens is 4. The van der Waals surface area contributed by atoms with Gasteiger partial charge in [0.2, 0.25) is 0 Å².